The molecule has 0 aliphatic carbocycles. The fraction of sp³-hybridized carbons (Fsp3) is 0.235. The molecule has 3 nitrogen and oxygen atoms in total. The van der Waals surface area contributed by atoms with Crippen LogP contribution in [0.1, 0.15) is 24.1 Å². The van der Waals surface area contributed by atoms with Crippen molar-refractivity contribution in [1.29, 1.82) is 0 Å². The Morgan fingerprint density at radius 2 is 1.60 bits per heavy atom. The molecular weight excluding hydrogens is 248 g/mol. The third-order valence-corrected chi connectivity index (χ3v) is 3.47. The lowest BCUT2D eigenvalue weighted by atomic mass is 10.1. The number of carbonyl (C=O) groups excluding carboxylic acids is 1. The number of hydrogen-bond acceptors (Lipinski definition) is 1. The minimum Gasteiger partial charge on any atom is -0.334 e. The minimum atomic E-state index is -0.0646. The zero-order valence-corrected chi connectivity index (χ0v) is 11.9. The summed E-state index contributed by atoms with van der Waals surface area (Å²) in [6.45, 7) is 2.57. The fourth-order valence-corrected chi connectivity index (χ4v) is 2.03. The molecule has 0 saturated heterocycles. The number of nitrogens with zero attached hydrogens (tertiary/aromatic N) is 1. The van der Waals surface area contributed by atoms with Crippen molar-refractivity contribution in [2.75, 3.05) is 7.05 Å². The van der Waals surface area contributed by atoms with Crippen LogP contribution in [0.15, 0.2) is 60.7 Å². The van der Waals surface area contributed by atoms with Crippen LogP contribution in [-0.4, -0.2) is 18.0 Å². The first-order valence-corrected chi connectivity index (χ1v) is 6.78. The van der Waals surface area contributed by atoms with Gasteiger partial charge in [0.15, 0.2) is 0 Å². The molecule has 0 saturated carbocycles. The van der Waals surface area contributed by atoms with Crippen LogP contribution in [0.5, 0.6) is 0 Å². The molecule has 0 fully saturated rings. The molecule has 0 aromatic heterocycles. The molecule has 0 heterocycles. The summed E-state index contributed by atoms with van der Waals surface area (Å²) < 4.78 is 0. The number of carbonyl (C=O) groups is 1. The Labute approximate surface area is 120 Å². The van der Waals surface area contributed by atoms with Crippen LogP contribution in [0, 0.1) is 0 Å². The van der Waals surface area contributed by atoms with Gasteiger partial charge in [0.25, 0.3) is 0 Å². The van der Waals surface area contributed by atoms with E-state index in [9.17, 15) is 4.79 Å². The zero-order valence-electron chi connectivity index (χ0n) is 11.9. The monoisotopic (exact) mass is 268 g/mol. The third-order valence-electron chi connectivity index (χ3n) is 3.47. The van der Waals surface area contributed by atoms with Gasteiger partial charge in [-0.25, -0.2) is 4.79 Å². The summed E-state index contributed by atoms with van der Waals surface area (Å²) in [5, 5.41) is 2.94. The summed E-state index contributed by atoms with van der Waals surface area (Å²) in [4.78, 5) is 13.9. The van der Waals surface area contributed by atoms with E-state index < -0.39 is 0 Å². The number of rotatable bonds is 4. The molecule has 2 aromatic rings. The van der Waals surface area contributed by atoms with E-state index in [1.54, 1.807) is 4.90 Å². The standard InChI is InChI=1S/C17H20N2O/c1-14(16-11-7-4-8-12-16)19(2)17(20)18-13-15-9-5-3-6-10-15/h3-12,14H,13H2,1-2H3,(H,18,20)/t14-/m0/s1. The van der Waals surface area contributed by atoms with E-state index in [2.05, 4.69) is 5.32 Å². The van der Waals surface area contributed by atoms with Crippen LogP contribution in [0.4, 0.5) is 4.79 Å². The molecule has 0 aliphatic heterocycles. The van der Waals surface area contributed by atoms with Gasteiger partial charge >= 0.3 is 6.03 Å². The molecule has 0 spiro atoms. The Hall–Kier alpha value is -2.29. The Balaban J connectivity index is 1.92. The lowest BCUT2D eigenvalue weighted by Crippen LogP contribution is -2.38. The van der Waals surface area contributed by atoms with Gasteiger partial charge in [0.05, 0.1) is 6.04 Å². The summed E-state index contributed by atoms with van der Waals surface area (Å²) in [6, 6.07) is 19.9. The van der Waals surface area contributed by atoms with Gasteiger partial charge in [0.1, 0.15) is 0 Å². The first-order valence-electron chi connectivity index (χ1n) is 6.78. The quantitative estimate of drug-likeness (QED) is 0.903. The van der Waals surface area contributed by atoms with Gasteiger partial charge in [0, 0.05) is 13.6 Å². The molecular formula is C17H20N2O. The Kier molecular flexibility index (Phi) is 4.77. The van der Waals surface area contributed by atoms with Crippen molar-refractivity contribution < 1.29 is 4.79 Å². The Morgan fingerprint density at radius 3 is 2.20 bits per heavy atom. The lowest BCUT2D eigenvalue weighted by Gasteiger charge is -2.25. The predicted octanol–water partition coefficient (Wildman–Crippen LogP) is 3.59. The van der Waals surface area contributed by atoms with Crippen LogP contribution in [0.25, 0.3) is 0 Å². The molecule has 20 heavy (non-hydrogen) atoms. The predicted molar refractivity (Wildman–Crippen MR) is 81.3 cm³/mol. The average molecular weight is 268 g/mol. The zero-order chi connectivity index (χ0) is 14.4. The van der Waals surface area contributed by atoms with Crippen molar-refractivity contribution in [3.05, 3.63) is 71.8 Å². The summed E-state index contributed by atoms with van der Waals surface area (Å²) >= 11 is 0. The summed E-state index contributed by atoms with van der Waals surface area (Å²) in [5.74, 6) is 0. The van der Waals surface area contributed by atoms with Crippen molar-refractivity contribution in [3.63, 3.8) is 0 Å². The van der Waals surface area contributed by atoms with Crippen LogP contribution >= 0.6 is 0 Å². The summed E-state index contributed by atoms with van der Waals surface area (Å²) in [7, 11) is 1.82. The van der Waals surface area contributed by atoms with Crippen molar-refractivity contribution >= 4 is 6.03 Å². The molecule has 1 atom stereocenters. The molecule has 104 valence electrons. The molecule has 1 N–H and O–H groups in total. The van der Waals surface area contributed by atoms with E-state index >= 15 is 0 Å². The molecule has 3 heteroatoms. The second kappa shape index (κ2) is 6.75. The van der Waals surface area contributed by atoms with Gasteiger partial charge in [-0.2, -0.15) is 0 Å². The highest BCUT2D eigenvalue weighted by atomic mass is 16.2. The maximum atomic E-state index is 12.1. The topological polar surface area (TPSA) is 32.3 Å². The molecule has 2 amide bonds. The number of hydrogen-bond donors (Lipinski definition) is 1. The Morgan fingerprint density at radius 1 is 1.05 bits per heavy atom. The van der Waals surface area contributed by atoms with Crippen LogP contribution in [0.3, 0.4) is 0 Å². The number of benzene rings is 2. The van der Waals surface area contributed by atoms with Crippen molar-refractivity contribution in [1.82, 2.24) is 10.2 Å². The van der Waals surface area contributed by atoms with Gasteiger partial charge in [-0.05, 0) is 18.1 Å². The van der Waals surface area contributed by atoms with Crippen LogP contribution in [0.2, 0.25) is 0 Å². The van der Waals surface area contributed by atoms with Gasteiger partial charge in [-0.1, -0.05) is 60.7 Å². The smallest absolute Gasteiger partial charge is 0.317 e. The van der Waals surface area contributed by atoms with E-state index in [-0.39, 0.29) is 12.1 Å². The van der Waals surface area contributed by atoms with Crippen molar-refractivity contribution in [2.24, 2.45) is 0 Å². The van der Waals surface area contributed by atoms with Gasteiger partial charge < -0.3 is 10.2 Å². The summed E-state index contributed by atoms with van der Waals surface area (Å²) in [6.07, 6.45) is 0. The first kappa shape index (κ1) is 14.1. The second-order valence-electron chi connectivity index (χ2n) is 4.84. The van der Waals surface area contributed by atoms with Crippen LogP contribution in [-0.2, 0) is 6.54 Å². The third kappa shape index (κ3) is 3.60. The number of amides is 2. The number of nitrogens with one attached hydrogen (secondary N) is 1. The fourth-order valence-electron chi connectivity index (χ4n) is 2.03. The highest BCUT2D eigenvalue weighted by Gasteiger charge is 2.16. The molecule has 0 bridgehead atoms. The molecule has 2 aromatic carbocycles. The van der Waals surface area contributed by atoms with Crippen molar-refractivity contribution in [3.8, 4) is 0 Å². The van der Waals surface area contributed by atoms with E-state index in [0.717, 1.165) is 11.1 Å². The first-order chi connectivity index (χ1) is 9.68. The minimum absolute atomic E-state index is 0.0481. The van der Waals surface area contributed by atoms with Crippen molar-refractivity contribution in [2.45, 2.75) is 19.5 Å². The largest absolute Gasteiger partial charge is 0.334 e. The molecule has 0 aliphatic rings. The van der Waals surface area contributed by atoms with E-state index in [1.807, 2.05) is 74.6 Å². The lowest BCUT2D eigenvalue weighted by molar-refractivity contribution is 0.194. The molecule has 0 unspecified atom stereocenters. The summed E-state index contributed by atoms with van der Waals surface area (Å²) in [5.41, 5.74) is 2.23. The normalized spacial score (nSPS) is 11.7. The highest BCUT2D eigenvalue weighted by Crippen LogP contribution is 2.17. The number of urea groups is 1. The van der Waals surface area contributed by atoms with E-state index in [1.165, 1.54) is 0 Å². The van der Waals surface area contributed by atoms with E-state index in [4.69, 9.17) is 0 Å². The average Bonchev–Trinajstić information content (AvgIpc) is 2.53. The van der Waals surface area contributed by atoms with E-state index in [0.29, 0.717) is 6.54 Å². The van der Waals surface area contributed by atoms with Gasteiger partial charge in [0.2, 0.25) is 0 Å². The maximum Gasteiger partial charge on any atom is 0.317 e. The Bertz CT molecular complexity index is 539. The second-order valence-corrected chi connectivity index (χ2v) is 4.84. The van der Waals surface area contributed by atoms with Gasteiger partial charge in [-0.3, -0.25) is 0 Å². The maximum absolute atomic E-state index is 12.1. The molecule has 0 radical (unpaired) electrons. The van der Waals surface area contributed by atoms with Gasteiger partial charge in [-0.15, -0.1) is 0 Å². The highest BCUT2D eigenvalue weighted by molar-refractivity contribution is 5.74. The molecule has 2 rings (SSSR count). The van der Waals surface area contributed by atoms with Crippen LogP contribution < -0.4 is 5.32 Å². The SMILES string of the molecule is C[C@@H](c1ccccc1)N(C)C(=O)NCc1ccccc1.